The number of anilines is 3. The Labute approximate surface area is 292 Å². The van der Waals surface area contributed by atoms with Gasteiger partial charge >= 0.3 is 0 Å². The van der Waals surface area contributed by atoms with Gasteiger partial charge in [-0.15, -0.1) is 0 Å². The molecule has 0 aliphatic heterocycles. The minimum absolute atomic E-state index is 0.111. The van der Waals surface area contributed by atoms with Crippen molar-refractivity contribution in [2.75, 3.05) is 4.90 Å². The molecular formula is C49H35N. The van der Waals surface area contributed by atoms with Gasteiger partial charge in [0.25, 0.3) is 0 Å². The lowest BCUT2D eigenvalue weighted by Crippen LogP contribution is -2.16. The Morgan fingerprint density at radius 2 is 0.960 bits per heavy atom. The predicted octanol–water partition coefficient (Wildman–Crippen LogP) is 13.7. The van der Waals surface area contributed by atoms with Gasteiger partial charge in [-0.1, -0.05) is 166 Å². The van der Waals surface area contributed by atoms with Gasteiger partial charge in [0.2, 0.25) is 0 Å². The van der Waals surface area contributed by atoms with Gasteiger partial charge in [-0.2, -0.15) is 0 Å². The summed E-state index contributed by atoms with van der Waals surface area (Å²) in [4.78, 5) is 2.54. The lowest BCUT2D eigenvalue weighted by atomic mass is 9.82. The fourth-order valence-corrected chi connectivity index (χ4v) is 8.66. The largest absolute Gasteiger partial charge is 0.309 e. The van der Waals surface area contributed by atoms with E-state index in [1.54, 1.807) is 0 Å². The Morgan fingerprint density at radius 3 is 1.82 bits per heavy atom. The molecule has 0 N–H and O–H groups in total. The predicted molar refractivity (Wildman–Crippen MR) is 214 cm³/mol. The van der Waals surface area contributed by atoms with E-state index >= 15 is 0 Å². The van der Waals surface area contributed by atoms with E-state index in [9.17, 15) is 0 Å². The number of benzene rings is 9. The second-order valence-corrected chi connectivity index (χ2v) is 14.1. The fraction of sp³-hybridized carbons (Fsp3) is 0.0612. The standard InChI is InChI=1S/C49H35N/c1-49(2)42-23-8-7-21-41(42)48-43(49)24-12-26-45(48)50(37-18-9-17-36(31-37)39-22-10-15-32-13-3-5-19-38(32)39)44-25-11-16-34-29-30-35-28-27-33-14-4-6-20-40(33)46(35)47(34)44/h3-31H,1-2H3. The van der Waals surface area contributed by atoms with E-state index in [4.69, 9.17) is 0 Å². The molecule has 236 valence electrons. The van der Waals surface area contributed by atoms with Crippen LogP contribution in [-0.4, -0.2) is 0 Å². The van der Waals surface area contributed by atoms with Gasteiger partial charge < -0.3 is 4.90 Å². The molecule has 0 heterocycles. The van der Waals surface area contributed by atoms with Gasteiger partial charge in [0.15, 0.2) is 0 Å². The molecule has 1 aliphatic rings. The van der Waals surface area contributed by atoms with Crippen LogP contribution in [0.5, 0.6) is 0 Å². The van der Waals surface area contributed by atoms with Crippen molar-refractivity contribution >= 4 is 60.2 Å². The average Bonchev–Trinajstić information content (AvgIpc) is 3.41. The summed E-state index contributed by atoms with van der Waals surface area (Å²) in [5.74, 6) is 0. The highest BCUT2D eigenvalue weighted by Gasteiger charge is 2.38. The third-order valence-corrected chi connectivity index (χ3v) is 11.0. The minimum atomic E-state index is -0.111. The first kappa shape index (κ1) is 28.8. The normalized spacial score (nSPS) is 13.2. The van der Waals surface area contributed by atoms with Crippen molar-refractivity contribution in [3.05, 3.63) is 187 Å². The van der Waals surface area contributed by atoms with E-state index in [0.717, 1.165) is 5.69 Å². The van der Waals surface area contributed by atoms with Crippen molar-refractivity contribution in [3.8, 4) is 22.3 Å². The van der Waals surface area contributed by atoms with E-state index in [1.165, 1.54) is 87.8 Å². The summed E-state index contributed by atoms with van der Waals surface area (Å²) in [6.07, 6.45) is 0. The number of rotatable bonds is 4. The van der Waals surface area contributed by atoms with Crippen LogP contribution in [0.2, 0.25) is 0 Å². The maximum atomic E-state index is 2.54. The molecule has 0 unspecified atom stereocenters. The molecule has 0 radical (unpaired) electrons. The van der Waals surface area contributed by atoms with Crippen molar-refractivity contribution in [2.24, 2.45) is 0 Å². The maximum Gasteiger partial charge on any atom is 0.0546 e. The van der Waals surface area contributed by atoms with Gasteiger partial charge in [-0.25, -0.2) is 0 Å². The van der Waals surface area contributed by atoms with E-state index in [0.29, 0.717) is 0 Å². The summed E-state index contributed by atoms with van der Waals surface area (Å²) < 4.78 is 0. The van der Waals surface area contributed by atoms with Crippen LogP contribution in [0.25, 0.3) is 65.3 Å². The second kappa shape index (κ2) is 10.9. The Kier molecular flexibility index (Phi) is 6.29. The number of fused-ring (bicyclic) bond motifs is 9. The molecule has 9 aromatic rings. The number of hydrogen-bond donors (Lipinski definition) is 0. The first-order valence-corrected chi connectivity index (χ1v) is 17.5. The summed E-state index contributed by atoms with van der Waals surface area (Å²) in [6, 6.07) is 65.0. The maximum absolute atomic E-state index is 2.54. The first-order chi connectivity index (χ1) is 24.6. The molecular weight excluding hydrogens is 603 g/mol. The average molecular weight is 638 g/mol. The molecule has 0 amide bonds. The Bertz CT molecular complexity index is 2790. The van der Waals surface area contributed by atoms with Crippen molar-refractivity contribution in [2.45, 2.75) is 19.3 Å². The van der Waals surface area contributed by atoms with Crippen LogP contribution in [0.1, 0.15) is 25.0 Å². The van der Waals surface area contributed by atoms with Gasteiger partial charge in [0.1, 0.15) is 0 Å². The Balaban J connectivity index is 1.33. The quantitative estimate of drug-likeness (QED) is 0.174. The van der Waals surface area contributed by atoms with Crippen molar-refractivity contribution in [1.82, 2.24) is 0 Å². The lowest BCUT2D eigenvalue weighted by Gasteiger charge is -2.30. The van der Waals surface area contributed by atoms with E-state index in [1.807, 2.05) is 0 Å². The zero-order valence-electron chi connectivity index (χ0n) is 28.2. The van der Waals surface area contributed by atoms with Crippen LogP contribution in [0.3, 0.4) is 0 Å². The van der Waals surface area contributed by atoms with Crippen LogP contribution >= 0.6 is 0 Å². The summed E-state index contributed by atoms with van der Waals surface area (Å²) in [5.41, 5.74) is 11.2. The molecule has 0 fully saturated rings. The molecule has 0 saturated heterocycles. The van der Waals surface area contributed by atoms with Crippen molar-refractivity contribution in [3.63, 3.8) is 0 Å². The van der Waals surface area contributed by atoms with E-state index in [2.05, 4.69) is 195 Å². The van der Waals surface area contributed by atoms with Crippen LogP contribution in [0.4, 0.5) is 17.1 Å². The summed E-state index contributed by atoms with van der Waals surface area (Å²) in [7, 11) is 0. The smallest absolute Gasteiger partial charge is 0.0546 e. The van der Waals surface area contributed by atoms with E-state index < -0.39 is 0 Å². The van der Waals surface area contributed by atoms with Gasteiger partial charge in [0, 0.05) is 22.1 Å². The summed E-state index contributed by atoms with van der Waals surface area (Å²) in [5, 5.41) is 10.1. The second-order valence-electron chi connectivity index (χ2n) is 14.1. The fourth-order valence-electron chi connectivity index (χ4n) is 8.66. The van der Waals surface area contributed by atoms with Crippen LogP contribution in [0.15, 0.2) is 176 Å². The van der Waals surface area contributed by atoms with Crippen LogP contribution < -0.4 is 4.90 Å². The zero-order chi connectivity index (χ0) is 33.4. The number of hydrogen-bond acceptors (Lipinski definition) is 1. The van der Waals surface area contributed by atoms with Crippen LogP contribution in [0, 0.1) is 0 Å². The van der Waals surface area contributed by atoms with Gasteiger partial charge in [-0.05, 0) is 89.8 Å². The first-order valence-electron chi connectivity index (χ1n) is 17.5. The summed E-state index contributed by atoms with van der Waals surface area (Å²) in [6.45, 7) is 4.73. The molecule has 1 heteroatoms. The SMILES string of the molecule is CC1(C)c2ccccc2-c2c(N(c3cccc(-c4cccc5ccccc45)c3)c3cccc4ccc5ccc6ccccc6c5c34)cccc21. The highest BCUT2D eigenvalue weighted by Crippen LogP contribution is 2.55. The molecule has 9 aromatic carbocycles. The monoisotopic (exact) mass is 637 g/mol. The third kappa shape index (κ3) is 4.20. The lowest BCUT2D eigenvalue weighted by molar-refractivity contribution is 0.660. The third-order valence-electron chi connectivity index (χ3n) is 11.0. The molecule has 0 saturated carbocycles. The Hall–Kier alpha value is -6.18. The molecule has 0 bridgehead atoms. The topological polar surface area (TPSA) is 3.24 Å². The molecule has 0 spiro atoms. The number of nitrogens with zero attached hydrogens (tertiary/aromatic N) is 1. The Morgan fingerprint density at radius 1 is 0.400 bits per heavy atom. The highest BCUT2D eigenvalue weighted by molar-refractivity contribution is 6.24. The molecule has 10 rings (SSSR count). The molecule has 0 atom stereocenters. The van der Waals surface area contributed by atoms with Crippen LogP contribution in [-0.2, 0) is 5.41 Å². The van der Waals surface area contributed by atoms with Gasteiger partial charge in [-0.3, -0.25) is 0 Å². The highest BCUT2D eigenvalue weighted by atomic mass is 15.1. The minimum Gasteiger partial charge on any atom is -0.309 e. The molecule has 1 aliphatic carbocycles. The van der Waals surface area contributed by atoms with Crippen molar-refractivity contribution in [1.29, 1.82) is 0 Å². The molecule has 1 nitrogen and oxygen atoms in total. The van der Waals surface area contributed by atoms with Crippen molar-refractivity contribution < 1.29 is 0 Å². The van der Waals surface area contributed by atoms with Gasteiger partial charge in [0.05, 0.1) is 11.4 Å². The molecule has 50 heavy (non-hydrogen) atoms. The van der Waals surface area contributed by atoms with E-state index in [-0.39, 0.29) is 5.41 Å². The summed E-state index contributed by atoms with van der Waals surface area (Å²) >= 11 is 0. The zero-order valence-corrected chi connectivity index (χ0v) is 28.2. The molecule has 0 aromatic heterocycles.